The first-order valence-corrected chi connectivity index (χ1v) is 7.81. The number of aromatic nitrogens is 1. The van der Waals surface area contributed by atoms with Gasteiger partial charge in [-0.15, -0.1) is 0 Å². The molecule has 0 aliphatic heterocycles. The Balaban J connectivity index is 2.74. The fraction of sp³-hybridized carbons (Fsp3) is 0.706. The van der Waals surface area contributed by atoms with Gasteiger partial charge in [0.15, 0.2) is 0 Å². The molecular formula is C17H31N3. The van der Waals surface area contributed by atoms with Crippen LogP contribution in [0, 0.1) is 5.92 Å². The van der Waals surface area contributed by atoms with Gasteiger partial charge >= 0.3 is 0 Å². The summed E-state index contributed by atoms with van der Waals surface area (Å²) in [5, 5.41) is 3.49. The fourth-order valence-corrected chi connectivity index (χ4v) is 1.99. The molecular weight excluding hydrogens is 246 g/mol. The molecule has 0 aliphatic carbocycles. The number of rotatable bonds is 7. The summed E-state index contributed by atoms with van der Waals surface area (Å²) in [5.74, 6) is 1.80. The van der Waals surface area contributed by atoms with Crippen LogP contribution < -0.4 is 10.2 Å². The van der Waals surface area contributed by atoms with Crippen LogP contribution >= 0.6 is 0 Å². The molecule has 1 heterocycles. The Labute approximate surface area is 124 Å². The van der Waals surface area contributed by atoms with Gasteiger partial charge in [0.25, 0.3) is 0 Å². The van der Waals surface area contributed by atoms with Crippen LogP contribution in [0.1, 0.15) is 53.7 Å². The molecule has 0 aliphatic rings. The molecule has 0 aromatic carbocycles. The van der Waals surface area contributed by atoms with Crippen LogP contribution in [-0.2, 0) is 6.54 Å². The second-order valence-electron chi connectivity index (χ2n) is 6.64. The van der Waals surface area contributed by atoms with Crippen LogP contribution in [0.2, 0.25) is 0 Å². The zero-order valence-electron chi connectivity index (χ0n) is 14.0. The van der Waals surface area contributed by atoms with Crippen molar-refractivity contribution < 1.29 is 0 Å². The van der Waals surface area contributed by atoms with Crippen LogP contribution in [0.5, 0.6) is 0 Å². The van der Waals surface area contributed by atoms with Gasteiger partial charge in [-0.2, -0.15) is 0 Å². The fourth-order valence-electron chi connectivity index (χ4n) is 1.99. The van der Waals surface area contributed by atoms with E-state index in [2.05, 4.69) is 70.0 Å². The zero-order chi connectivity index (χ0) is 15.2. The maximum atomic E-state index is 4.80. The molecule has 0 radical (unpaired) electrons. The molecule has 1 aromatic rings. The first kappa shape index (κ1) is 17.0. The Morgan fingerprint density at radius 3 is 2.50 bits per heavy atom. The van der Waals surface area contributed by atoms with Crippen molar-refractivity contribution in [2.75, 3.05) is 18.0 Å². The lowest BCUT2D eigenvalue weighted by Gasteiger charge is -2.26. The molecule has 0 spiro atoms. The van der Waals surface area contributed by atoms with E-state index in [-0.39, 0.29) is 5.54 Å². The molecule has 3 heteroatoms. The molecule has 1 rings (SSSR count). The van der Waals surface area contributed by atoms with E-state index >= 15 is 0 Å². The van der Waals surface area contributed by atoms with Gasteiger partial charge in [0.2, 0.25) is 0 Å². The lowest BCUT2D eigenvalue weighted by atomic mass is 10.1. The predicted molar refractivity (Wildman–Crippen MR) is 88.2 cm³/mol. The highest BCUT2D eigenvalue weighted by Gasteiger charge is 2.12. The third-order valence-corrected chi connectivity index (χ3v) is 3.53. The van der Waals surface area contributed by atoms with Crippen LogP contribution in [0.3, 0.4) is 0 Å². The number of nitrogens with zero attached hydrogens (tertiary/aromatic N) is 2. The number of nitrogens with one attached hydrogen (secondary N) is 1. The summed E-state index contributed by atoms with van der Waals surface area (Å²) in [5.41, 5.74) is 1.23. The summed E-state index contributed by atoms with van der Waals surface area (Å²) in [7, 11) is 0. The van der Waals surface area contributed by atoms with E-state index in [0.29, 0.717) is 5.92 Å². The Kier molecular flexibility index (Phi) is 6.47. The third-order valence-electron chi connectivity index (χ3n) is 3.53. The van der Waals surface area contributed by atoms with Crippen LogP contribution in [-0.4, -0.2) is 23.6 Å². The van der Waals surface area contributed by atoms with Crippen molar-refractivity contribution in [3.05, 3.63) is 23.9 Å². The zero-order valence-corrected chi connectivity index (χ0v) is 14.0. The highest BCUT2D eigenvalue weighted by molar-refractivity contribution is 5.39. The van der Waals surface area contributed by atoms with Gasteiger partial charge in [0.1, 0.15) is 5.82 Å². The van der Waals surface area contributed by atoms with Gasteiger partial charge < -0.3 is 10.2 Å². The monoisotopic (exact) mass is 277 g/mol. The first-order valence-electron chi connectivity index (χ1n) is 7.81. The number of hydrogen-bond acceptors (Lipinski definition) is 3. The number of anilines is 1. The van der Waals surface area contributed by atoms with E-state index in [1.54, 1.807) is 0 Å². The molecule has 1 N–H and O–H groups in total. The highest BCUT2D eigenvalue weighted by atomic mass is 15.2. The van der Waals surface area contributed by atoms with Crippen LogP contribution in [0.25, 0.3) is 0 Å². The summed E-state index contributed by atoms with van der Waals surface area (Å²) in [6.07, 6.45) is 1.21. The van der Waals surface area contributed by atoms with Crippen molar-refractivity contribution in [3.8, 4) is 0 Å². The molecule has 1 atom stereocenters. The van der Waals surface area contributed by atoms with E-state index < -0.39 is 0 Å². The molecule has 0 fully saturated rings. The Morgan fingerprint density at radius 2 is 1.95 bits per heavy atom. The molecule has 0 saturated heterocycles. The molecule has 0 saturated carbocycles. The average molecular weight is 277 g/mol. The van der Waals surface area contributed by atoms with Crippen molar-refractivity contribution in [3.63, 3.8) is 0 Å². The Hall–Kier alpha value is -1.09. The standard InChI is InChI=1S/C17H31N3/c1-7-14(3)13-20(8-2)16-11-9-10-15(19-16)12-18-17(4,5)6/h9-11,14,18H,7-8,12-13H2,1-6H3. The third kappa shape index (κ3) is 5.91. The predicted octanol–water partition coefficient (Wildman–Crippen LogP) is 3.84. The van der Waals surface area contributed by atoms with Crippen molar-refractivity contribution >= 4 is 5.82 Å². The topological polar surface area (TPSA) is 28.2 Å². The van der Waals surface area contributed by atoms with Crippen molar-refractivity contribution in [1.82, 2.24) is 10.3 Å². The molecule has 114 valence electrons. The Morgan fingerprint density at radius 1 is 1.25 bits per heavy atom. The maximum Gasteiger partial charge on any atom is 0.128 e. The van der Waals surface area contributed by atoms with E-state index in [1.807, 2.05) is 0 Å². The lowest BCUT2D eigenvalue weighted by molar-refractivity contribution is 0.421. The molecule has 0 bridgehead atoms. The summed E-state index contributed by atoms with van der Waals surface area (Å²) in [6.45, 7) is 16.2. The normalized spacial score (nSPS) is 13.3. The van der Waals surface area contributed by atoms with E-state index in [4.69, 9.17) is 4.98 Å². The smallest absolute Gasteiger partial charge is 0.128 e. The summed E-state index contributed by atoms with van der Waals surface area (Å²) in [6, 6.07) is 6.33. The summed E-state index contributed by atoms with van der Waals surface area (Å²) >= 11 is 0. The minimum atomic E-state index is 0.124. The maximum absolute atomic E-state index is 4.80. The lowest BCUT2D eigenvalue weighted by Crippen LogP contribution is -2.35. The molecule has 3 nitrogen and oxygen atoms in total. The van der Waals surface area contributed by atoms with Crippen molar-refractivity contribution in [2.45, 2.75) is 60.0 Å². The van der Waals surface area contributed by atoms with Crippen LogP contribution in [0.4, 0.5) is 5.82 Å². The second kappa shape index (κ2) is 7.63. The number of hydrogen-bond donors (Lipinski definition) is 1. The summed E-state index contributed by atoms with van der Waals surface area (Å²) in [4.78, 5) is 7.17. The highest BCUT2D eigenvalue weighted by Crippen LogP contribution is 2.15. The minimum absolute atomic E-state index is 0.124. The van der Waals surface area contributed by atoms with E-state index in [1.165, 1.54) is 6.42 Å². The molecule has 0 amide bonds. The van der Waals surface area contributed by atoms with Crippen molar-refractivity contribution in [2.24, 2.45) is 5.92 Å². The van der Waals surface area contributed by atoms with Gasteiger partial charge in [-0.05, 0) is 45.7 Å². The first-order chi connectivity index (χ1) is 9.35. The molecule has 1 unspecified atom stereocenters. The van der Waals surface area contributed by atoms with Gasteiger partial charge in [-0.1, -0.05) is 26.3 Å². The summed E-state index contributed by atoms with van der Waals surface area (Å²) < 4.78 is 0. The molecule has 1 aromatic heterocycles. The van der Waals surface area contributed by atoms with E-state index in [9.17, 15) is 0 Å². The van der Waals surface area contributed by atoms with Gasteiger partial charge in [0, 0.05) is 25.2 Å². The van der Waals surface area contributed by atoms with E-state index in [0.717, 1.165) is 31.1 Å². The van der Waals surface area contributed by atoms with Crippen LogP contribution in [0.15, 0.2) is 18.2 Å². The number of pyridine rings is 1. The average Bonchev–Trinajstić information content (AvgIpc) is 2.41. The SMILES string of the molecule is CCC(C)CN(CC)c1cccc(CNC(C)(C)C)n1. The quantitative estimate of drug-likeness (QED) is 0.820. The van der Waals surface area contributed by atoms with Gasteiger partial charge in [0.05, 0.1) is 5.69 Å². The van der Waals surface area contributed by atoms with Crippen molar-refractivity contribution in [1.29, 1.82) is 0 Å². The Bertz CT molecular complexity index is 395. The molecule has 20 heavy (non-hydrogen) atoms. The van der Waals surface area contributed by atoms with Gasteiger partial charge in [-0.3, -0.25) is 0 Å². The van der Waals surface area contributed by atoms with Gasteiger partial charge in [-0.25, -0.2) is 4.98 Å². The largest absolute Gasteiger partial charge is 0.357 e. The minimum Gasteiger partial charge on any atom is -0.357 e. The second-order valence-corrected chi connectivity index (χ2v) is 6.64.